The molecule has 112 valence electrons. The van der Waals surface area contributed by atoms with E-state index in [2.05, 4.69) is 15.3 Å². The highest BCUT2D eigenvalue weighted by Gasteiger charge is 2.13. The van der Waals surface area contributed by atoms with Gasteiger partial charge in [0.2, 0.25) is 5.91 Å². The summed E-state index contributed by atoms with van der Waals surface area (Å²) in [6.07, 6.45) is -0.427. The normalized spacial score (nSPS) is 11.0. The molecule has 1 aromatic heterocycles. The van der Waals surface area contributed by atoms with Crippen molar-refractivity contribution >= 4 is 28.5 Å². The van der Waals surface area contributed by atoms with Gasteiger partial charge in [0.05, 0.1) is 29.7 Å². The Hall–Kier alpha value is -1.76. The highest BCUT2D eigenvalue weighted by Crippen LogP contribution is 2.17. The Kier molecular flexibility index (Phi) is 5.44. The number of carbonyl (C=O) groups is 1. The van der Waals surface area contributed by atoms with Gasteiger partial charge in [-0.3, -0.25) is 4.79 Å². The number of para-hydroxylation sites is 2. The van der Waals surface area contributed by atoms with Crippen LogP contribution in [-0.2, 0) is 20.7 Å². The van der Waals surface area contributed by atoms with Crippen molar-refractivity contribution in [2.24, 2.45) is 0 Å². The number of methoxy groups -OCH3 is 2. The van der Waals surface area contributed by atoms with Crippen molar-refractivity contribution in [3.05, 3.63) is 35.1 Å². The van der Waals surface area contributed by atoms with Gasteiger partial charge < -0.3 is 14.8 Å². The largest absolute Gasteiger partial charge is 0.354 e. The predicted molar refractivity (Wildman–Crippen MR) is 79.1 cm³/mol. The van der Waals surface area contributed by atoms with E-state index in [-0.39, 0.29) is 24.0 Å². The Morgan fingerprint density at radius 3 is 2.48 bits per heavy atom. The highest BCUT2D eigenvalue weighted by atomic mass is 35.5. The van der Waals surface area contributed by atoms with Gasteiger partial charge in [0.1, 0.15) is 0 Å². The maximum absolute atomic E-state index is 11.9. The molecule has 0 atom stereocenters. The van der Waals surface area contributed by atoms with Crippen molar-refractivity contribution in [1.29, 1.82) is 0 Å². The molecule has 6 nitrogen and oxygen atoms in total. The van der Waals surface area contributed by atoms with Crippen LogP contribution in [0.3, 0.4) is 0 Å². The minimum Gasteiger partial charge on any atom is -0.354 e. The molecule has 7 heteroatoms. The average Bonchev–Trinajstić information content (AvgIpc) is 2.49. The number of nitrogens with zero attached hydrogens (tertiary/aromatic N) is 2. The van der Waals surface area contributed by atoms with Gasteiger partial charge in [0.25, 0.3) is 0 Å². The van der Waals surface area contributed by atoms with Crippen LogP contribution >= 0.6 is 11.6 Å². The van der Waals surface area contributed by atoms with Gasteiger partial charge in [-0.05, 0) is 12.1 Å². The Morgan fingerprint density at radius 2 is 1.86 bits per heavy atom. The number of amides is 1. The summed E-state index contributed by atoms with van der Waals surface area (Å²) in [5, 5.41) is 2.93. The third-order valence-corrected chi connectivity index (χ3v) is 3.22. The Morgan fingerprint density at radius 1 is 1.24 bits per heavy atom. The van der Waals surface area contributed by atoms with Crippen molar-refractivity contribution in [2.75, 3.05) is 20.8 Å². The molecule has 0 aliphatic rings. The Labute approximate surface area is 127 Å². The molecule has 1 amide bonds. The molecular formula is C14H16ClN3O3. The van der Waals surface area contributed by atoms with Crippen LogP contribution in [0.25, 0.3) is 11.0 Å². The first kappa shape index (κ1) is 15.6. The van der Waals surface area contributed by atoms with E-state index in [9.17, 15) is 4.79 Å². The third kappa shape index (κ3) is 4.10. The topological polar surface area (TPSA) is 73.3 Å². The van der Waals surface area contributed by atoms with E-state index < -0.39 is 6.29 Å². The summed E-state index contributed by atoms with van der Waals surface area (Å²) in [5.41, 5.74) is 1.85. The van der Waals surface area contributed by atoms with Crippen molar-refractivity contribution in [1.82, 2.24) is 15.3 Å². The Balaban J connectivity index is 2.05. The van der Waals surface area contributed by atoms with E-state index in [4.69, 9.17) is 21.1 Å². The van der Waals surface area contributed by atoms with Gasteiger partial charge in [0, 0.05) is 14.2 Å². The molecule has 21 heavy (non-hydrogen) atoms. The first-order valence-corrected chi connectivity index (χ1v) is 6.75. The molecule has 0 aliphatic carbocycles. The van der Waals surface area contributed by atoms with Gasteiger partial charge in [-0.1, -0.05) is 23.7 Å². The fraction of sp³-hybridized carbons (Fsp3) is 0.357. The fourth-order valence-electron chi connectivity index (χ4n) is 1.80. The zero-order chi connectivity index (χ0) is 15.2. The second-order valence-corrected chi connectivity index (χ2v) is 4.69. The molecule has 0 radical (unpaired) electrons. The van der Waals surface area contributed by atoms with Gasteiger partial charge in [-0.25, -0.2) is 9.97 Å². The SMILES string of the molecule is COC(CNC(=O)Cc1nc2ccccc2nc1Cl)OC. The molecule has 2 rings (SSSR count). The predicted octanol–water partition coefficient (Wildman–Crippen LogP) is 1.56. The zero-order valence-electron chi connectivity index (χ0n) is 11.8. The van der Waals surface area contributed by atoms with E-state index in [1.165, 1.54) is 14.2 Å². The average molecular weight is 310 g/mol. The summed E-state index contributed by atoms with van der Waals surface area (Å²) in [7, 11) is 3.01. The molecular weight excluding hydrogens is 294 g/mol. The van der Waals surface area contributed by atoms with E-state index in [0.717, 1.165) is 0 Å². The number of nitrogens with one attached hydrogen (secondary N) is 1. The molecule has 0 unspecified atom stereocenters. The first-order chi connectivity index (χ1) is 10.1. The maximum atomic E-state index is 11.9. The van der Waals surface area contributed by atoms with Crippen molar-refractivity contribution in [3.63, 3.8) is 0 Å². The van der Waals surface area contributed by atoms with Crippen LogP contribution in [0.15, 0.2) is 24.3 Å². The first-order valence-electron chi connectivity index (χ1n) is 6.37. The summed E-state index contributed by atoms with van der Waals surface area (Å²) in [6.45, 7) is 0.254. The molecule has 1 aromatic carbocycles. The number of rotatable bonds is 6. The maximum Gasteiger partial charge on any atom is 0.226 e. The standard InChI is InChI=1S/C14H16ClN3O3/c1-20-13(21-2)8-16-12(19)7-11-14(15)18-10-6-4-3-5-9(10)17-11/h3-6,13H,7-8H2,1-2H3,(H,16,19). The Bertz CT molecular complexity index is 632. The van der Waals surface area contributed by atoms with Crippen LogP contribution in [0.1, 0.15) is 5.69 Å². The molecule has 0 spiro atoms. The number of hydrogen-bond acceptors (Lipinski definition) is 5. The molecule has 0 saturated heterocycles. The van der Waals surface area contributed by atoms with Gasteiger partial charge in [-0.2, -0.15) is 0 Å². The number of carbonyl (C=O) groups excluding carboxylic acids is 1. The summed E-state index contributed by atoms with van der Waals surface area (Å²) in [6, 6.07) is 7.36. The summed E-state index contributed by atoms with van der Waals surface area (Å²) < 4.78 is 9.98. The monoisotopic (exact) mass is 309 g/mol. The van der Waals surface area contributed by atoms with E-state index in [1.54, 1.807) is 0 Å². The number of aromatic nitrogens is 2. The van der Waals surface area contributed by atoms with E-state index in [1.807, 2.05) is 24.3 Å². The summed E-state index contributed by atoms with van der Waals surface area (Å²) in [5.74, 6) is -0.222. The van der Waals surface area contributed by atoms with Crippen LogP contribution in [0.2, 0.25) is 5.15 Å². The smallest absolute Gasteiger partial charge is 0.226 e. The number of halogens is 1. The number of hydrogen-bond donors (Lipinski definition) is 1. The van der Waals surface area contributed by atoms with Crippen LogP contribution in [-0.4, -0.2) is 42.9 Å². The van der Waals surface area contributed by atoms with Gasteiger partial charge >= 0.3 is 0 Å². The van der Waals surface area contributed by atoms with E-state index in [0.29, 0.717) is 16.7 Å². The van der Waals surface area contributed by atoms with Crippen LogP contribution in [0, 0.1) is 0 Å². The van der Waals surface area contributed by atoms with Crippen LogP contribution in [0.5, 0.6) is 0 Å². The quantitative estimate of drug-likeness (QED) is 0.820. The van der Waals surface area contributed by atoms with Crippen molar-refractivity contribution < 1.29 is 14.3 Å². The molecule has 0 aliphatic heterocycles. The molecule has 0 saturated carbocycles. The summed E-state index contributed by atoms with van der Waals surface area (Å²) in [4.78, 5) is 20.5. The lowest BCUT2D eigenvalue weighted by molar-refractivity contribution is -0.126. The minimum atomic E-state index is -0.480. The fourth-order valence-corrected chi connectivity index (χ4v) is 2.00. The zero-order valence-corrected chi connectivity index (χ0v) is 12.6. The van der Waals surface area contributed by atoms with Crippen molar-refractivity contribution in [2.45, 2.75) is 12.7 Å². The molecule has 1 N–H and O–H groups in total. The van der Waals surface area contributed by atoms with Crippen molar-refractivity contribution in [3.8, 4) is 0 Å². The third-order valence-electron chi connectivity index (χ3n) is 2.91. The molecule has 1 heterocycles. The number of ether oxygens (including phenoxy) is 2. The number of benzene rings is 1. The lowest BCUT2D eigenvalue weighted by atomic mass is 10.2. The van der Waals surface area contributed by atoms with E-state index >= 15 is 0 Å². The van der Waals surface area contributed by atoms with Crippen LogP contribution < -0.4 is 5.32 Å². The molecule has 0 bridgehead atoms. The second kappa shape index (κ2) is 7.31. The molecule has 0 fully saturated rings. The van der Waals surface area contributed by atoms with Crippen LogP contribution in [0.4, 0.5) is 0 Å². The lowest BCUT2D eigenvalue weighted by Crippen LogP contribution is -2.35. The van der Waals surface area contributed by atoms with Gasteiger partial charge in [-0.15, -0.1) is 0 Å². The van der Waals surface area contributed by atoms with Gasteiger partial charge in [0.15, 0.2) is 11.4 Å². The summed E-state index contributed by atoms with van der Waals surface area (Å²) >= 11 is 6.06. The minimum absolute atomic E-state index is 0.0524. The highest BCUT2D eigenvalue weighted by molar-refractivity contribution is 6.30. The molecule has 2 aromatic rings. The number of fused-ring (bicyclic) bond motifs is 1. The lowest BCUT2D eigenvalue weighted by Gasteiger charge is -2.14. The second-order valence-electron chi connectivity index (χ2n) is 4.33.